The van der Waals surface area contributed by atoms with Crippen molar-refractivity contribution >= 4 is 5.91 Å². The van der Waals surface area contributed by atoms with Crippen LogP contribution in [-0.2, 0) is 11.8 Å². The normalized spacial score (nSPS) is 35.5. The summed E-state index contributed by atoms with van der Waals surface area (Å²) < 4.78 is 7.97. The third kappa shape index (κ3) is 2.41. The summed E-state index contributed by atoms with van der Waals surface area (Å²) in [4.78, 5) is 13.1. The smallest absolute Gasteiger partial charge is 0.269 e. The molecule has 148 valence electrons. The van der Waals surface area contributed by atoms with Crippen LogP contribution in [0.1, 0.15) is 55.3 Å². The Labute approximate surface area is 166 Å². The van der Waals surface area contributed by atoms with Crippen molar-refractivity contribution < 1.29 is 9.53 Å². The van der Waals surface area contributed by atoms with Gasteiger partial charge in [-0.2, -0.15) is 5.10 Å². The van der Waals surface area contributed by atoms with E-state index in [4.69, 9.17) is 4.74 Å². The summed E-state index contributed by atoms with van der Waals surface area (Å²) in [6.07, 6.45) is 5.21. The Morgan fingerprint density at radius 2 is 2.04 bits per heavy atom. The van der Waals surface area contributed by atoms with Gasteiger partial charge >= 0.3 is 0 Å². The Balaban J connectivity index is 1.49. The summed E-state index contributed by atoms with van der Waals surface area (Å²) in [7, 11) is 1.82. The number of hydrogen-bond acceptors (Lipinski definition) is 3. The minimum atomic E-state index is -0.0125. The van der Waals surface area contributed by atoms with E-state index >= 15 is 0 Å². The number of nitrogens with zero attached hydrogens (tertiary/aromatic N) is 2. The predicted octanol–water partition coefficient (Wildman–Crippen LogP) is 3.73. The first-order valence-corrected chi connectivity index (χ1v) is 10.4. The quantitative estimate of drug-likeness (QED) is 0.884. The number of benzene rings is 1. The fourth-order valence-corrected chi connectivity index (χ4v) is 6.56. The summed E-state index contributed by atoms with van der Waals surface area (Å²) in [5, 5.41) is 7.61. The number of fused-ring (bicyclic) bond motifs is 1. The Morgan fingerprint density at radius 3 is 2.75 bits per heavy atom. The molecule has 2 heterocycles. The van der Waals surface area contributed by atoms with Gasteiger partial charge < -0.3 is 10.1 Å². The van der Waals surface area contributed by atoms with E-state index in [9.17, 15) is 4.79 Å². The topological polar surface area (TPSA) is 56.2 Å². The second kappa shape index (κ2) is 6.18. The van der Waals surface area contributed by atoms with Crippen LogP contribution in [0.15, 0.2) is 42.6 Å². The molecule has 3 aliphatic rings. The van der Waals surface area contributed by atoms with E-state index in [0.29, 0.717) is 17.5 Å². The van der Waals surface area contributed by atoms with Crippen LogP contribution in [0.3, 0.4) is 0 Å². The summed E-state index contributed by atoms with van der Waals surface area (Å²) >= 11 is 0. The van der Waals surface area contributed by atoms with Crippen molar-refractivity contribution in [2.75, 3.05) is 6.61 Å². The van der Waals surface area contributed by atoms with Gasteiger partial charge in [-0.3, -0.25) is 9.48 Å². The van der Waals surface area contributed by atoms with Crippen LogP contribution in [0.5, 0.6) is 0 Å². The molecule has 1 spiro atoms. The van der Waals surface area contributed by atoms with E-state index in [0.717, 1.165) is 13.0 Å². The maximum absolute atomic E-state index is 13.1. The highest BCUT2D eigenvalue weighted by Crippen LogP contribution is 2.70. The van der Waals surface area contributed by atoms with Crippen molar-refractivity contribution in [1.29, 1.82) is 0 Å². The average molecular weight is 380 g/mol. The van der Waals surface area contributed by atoms with Crippen LogP contribution in [0.4, 0.5) is 0 Å². The monoisotopic (exact) mass is 379 g/mol. The highest BCUT2D eigenvalue weighted by atomic mass is 16.5. The van der Waals surface area contributed by atoms with Crippen LogP contribution in [0.2, 0.25) is 0 Å². The van der Waals surface area contributed by atoms with Crippen molar-refractivity contribution in [3.05, 3.63) is 53.9 Å². The maximum Gasteiger partial charge on any atom is 0.269 e. The number of carbonyl (C=O) groups is 1. The van der Waals surface area contributed by atoms with Gasteiger partial charge in [0.15, 0.2) is 0 Å². The number of carbonyl (C=O) groups excluding carboxylic acids is 1. The zero-order chi connectivity index (χ0) is 19.5. The molecule has 3 fully saturated rings. The minimum absolute atomic E-state index is 0.0125. The Hall–Kier alpha value is -2.14. The minimum Gasteiger partial charge on any atom is -0.373 e. The van der Waals surface area contributed by atoms with E-state index in [1.807, 2.05) is 7.05 Å². The predicted molar refractivity (Wildman–Crippen MR) is 107 cm³/mol. The van der Waals surface area contributed by atoms with Gasteiger partial charge in [0.2, 0.25) is 0 Å². The van der Waals surface area contributed by atoms with Crippen LogP contribution in [0.25, 0.3) is 0 Å². The second-order valence-corrected chi connectivity index (χ2v) is 9.50. The Kier molecular flexibility index (Phi) is 3.96. The SMILES string of the molecule is Cn1nccc1C(=O)N[C@H]1C(C)(C)[C@@H]2C[C@@H]3[C@@H](c4ccccc4)OCCC31C2. The second-order valence-electron chi connectivity index (χ2n) is 9.50. The molecule has 1 unspecified atom stereocenters. The molecule has 2 aromatic rings. The molecule has 2 saturated carbocycles. The van der Waals surface area contributed by atoms with Crippen molar-refractivity contribution in [2.24, 2.45) is 29.7 Å². The Morgan fingerprint density at radius 1 is 1.25 bits per heavy atom. The van der Waals surface area contributed by atoms with Gasteiger partial charge in [-0.1, -0.05) is 44.2 Å². The van der Waals surface area contributed by atoms with Crippen molar-refractivity contribution in [2.45, 2.75) is 45.3 Å². The summed E-state index contributed by atoms with van der Waals surface area (Å²) in [6, 6.07) is 12.6. The van der Waals surface area contributed by atoms with Gasteiger partial charge in [0.05, 0.1) is 6.10 Å². The third-order valence-corrected chi connectivity index (χ3v) is 7.96. The zero-order valence-electron chi connectivity index (χ0n) is 16.9. The molecule has 5 rings (SSSR count). The van der Waals surface area contributed by atoms with Crippen LogP contribution in [0, 0.1) is 22.7 Å². The molecule has 1 aromatic heterocycles. The molecule has 2 aliphatic carbocycles. The van der Waals surface area contributed by atoms with Gasteiger partial charge in [-0.25, -0.2) is 0 Å². The summed E-state index contributed by atoms with van der Waals surface area (Å²) in [5.41, 5.74) is 2.09. The van der Waals surface area contributed by atoms with Gasteiger partial charge in [0.1, 0.15) is 5.69 Å². The molecule has 5 heteroatoms. The summed E-state index contributed by atoms with van der Waals surface area (Å²) in [6.45, 7) is 5.44. The number of nitrogens with one attached hydrogen (secondary N) is 1. The first-order valence-electron chi connectivity index (χ1n) is 10.4. The molecule has 0 radical (unpaired) electrons. The zero-order valence-corrected chi connectivity index (χ0v) is 16.9. The molecule has 1 aromatic carbocycles. The first kappa shape index (κ1) is 17.9. The molecule has 5 nitrogen and oxygen atoms in total. The van der Waals surface area contributed by atoms with E-state index in [-0.39, 0.29) is 28.9 Å². The number of hydrogen-bond donors (Lipinski definition) is 1. The van der Waals surface area contributed by atoms with Crippen molar-refractivity contribution in [3.63, 3.8) is 0 Å². The average Bonchev–Trinajstić information content (AvgIpc) is 3.34. The van der Waals surface area contributed by atoms with Crippen LogP contribution in [-0.4, -0.2) is 28.3 Å². The lowest BCUT2D eigenvalue weighted by molar-refractivity contribution is -0.120. The van der Waals surface area contributed by atoms with Crippen molar-refractivity contribution in [1.82, 2.24) is 15.1 Å². The Bertz CT molecular complexity index is 890. The molecule has 5 atom stereocenters. The van der Waals surface area contributed by atoms with Gasteiger partial charge in [-0.15, -0.1) is 0 Å². The number of aryl methyl sites for hydroxylation is 1. The standard InChI is InChI=1S/C23H29N3O2/c1-22(2)16-13-17-19(15-7-5-4-6-8-15)28-12-10-23(17,14-16)21(22)25-20(27)18-9-11-24-26(18)3/h4-9,11,16-17,19,21H,10,12-14H2,1-3H3,(H,25,27)/t16-,17-,19-,21+,23?/m1/s1. The van der Waals surface area contributed by atoms with E-state index in [2.05, 4.69) is 54.6 Å². The fraction of sp³-hybridized carbons (Fsp3) is 0.565. The molecule has 1 saturated heterocycles. The van der Waals surface area contributed by atoms with Gasteiger partial charge in [-0.05, 0) is 53.6 Å². The summed E-state index contributed by atoms with van der Waals surface area (Å²) in [5.74, 6) is 1.06. The third-order valence-electron chi connectivity index (χ3n) is 7.96. The number of amides is 1. The molecule has 28 heavy (non-hydrogen) atoms. The largest absolute Gasteiger partial charge is 0.373 e. The van der Waals surface area contributed by atoms with E-state index in [1.165, 1.54) is 18.4 Å². The van der Waals surface area contributed by atoms with Crippen molar-refractivity contribution in [3.8, 4) is 0 Å². The number of rotatable bonds is 3. The van der Waals surface area contributed by atoms with Gasteiger partial charge in [0, 0.05) is 25.9 Å². The number of ether oxygens (including phenoxy) is 1. The van der Waals surface area contributed by atoms with E-state index in [1.54, 1.807) is 16.9 Å². The van der Waals surface area contributed by atoms with Crippen LogP contribution >= 0.6 is 0 Å². The van der Waals surface area contributed by atoms with E-state index < -0.39 is 0 Å². The fourth-order valence-electron chi connectivity index (χ4n) is 6.56. The van der Waals surface area contributed by atoms with Crippen LogP contribution < -0.4 is 5.32 Å². The first-order chi connectivity index (χ1) is 13.4. The lowest BCUT2D eigenvalue weighted by Crippen LogP contribution is -2.59. The molecule has 1 aliphatic heterocycles. The highest BCUT2D eigenvalue weighted by molar-refractivity contribution is 5.92. The number of aromatic nitrogens is 2. The molecular weight excluding hydrogens is 350 g/mol. The molecule has 2 bridgehead atoms. The molecular formula is C23H29N3O2. The van der Waals surface area contributed by atoms with Gasteiger partial charge in [0.25, 0.3) is 5.91 Å². The maximum atomic E-state index is 13.1. The lowest BCUT2D eigenvalue weighted by Gasteiger charge is -2.53. The molecule has 1 N–H and O–H groups in total. The highest BCUT2D eigenvalue weighted by Gasteiger charge is 2.68. The lowest BCUT2D eigenvalue weighted by atomic mass is 9.59. The molecule has 1 amide bonds.